The Hall–Kier alpha value is -2.77. The second kappa shape index (κ2) is 6.12. The van der Waals surface area contributed by atoms with Gasteiger partial charge in [-0.1, -0.05) is 11.8 Å². The fraction of sp³-hybridized carbons (Fsp3) is 0.357. The van der Waals surface area contributed by atoms with Crippen LogP contribution in [0, 0.1) is 23.7 Å². The highest BCUT2D eigenvalue weighted by molar-refractivity contribution is 5.72. The fourth-order valence-corrected chi connectivity index (χ4v) is 1.86. The van der Waals surface area contributed by atoms with E-state index in [0.717, 1.165) is 0 Å². The van der Waals surface area contributed by atoms with Gasteiger partial charge in [0.15, 0.2) is 17.0 Å². The van der Waals surface area contributed by atoms with Gasteiger partial charge in [-0.3, -0.25) is 18.9 Å². The van der Waals surface area contributed by atoms with Crippen LogP contribution in [0.4, 0.5) is 0 Å². The SMILES string of the molecule is CC#CCn1c(C#CCCN)nc2c1c(=O)[nH]c(=O)n2C. The largest absolute Gasteiger partial charge is 0.330 e. The Morgan fingerprint density at radius 3 is 2.76 bits per heavy atom. The predicted molar refractivity (Wildman–Crippen MR) is 79.6 cm³/mol. The molecule has 7 nitrogen and oxygen atoms in total. The van der Waals surface area contributed by atoms with Crippen LogP contribution in [-0.2, 0) is 13.6 Å². The number of H-pyrrole nitrogens is 1. The normalized spacial score (nSPS) is 9.86. The summed E-state index contributed by atoms with van der Waals surface area (Å²) in [5.74, 6) is 11.8. The van der Waals surface area contributed by atoms with Crippen molar-refractivity contribution in [1.29, 1.82) is 0 Å². The molecule has 0 saturated carbocycles. The summed E-state index contributed by atoms with van der Waals surface area (Å²) in [6.45, 7) is 2.43. The molecule has 0 bridgehead atoms. The average Bonchev–Trinajstić information content (AvgIpc) is 2.82. The number of nitrogens with zero attached hydrogens (tertiary/aromatic N) is 3. The average molecular weight is 285 g/mol. The summed E-state index contributed by atoms with van der Waals surface area (Å²) in [5.41, 5.74) is 4.97. The van der Waals surface area contributed by atoms with Crippen molar-refractivity contribution in [2.45, 2.75) is 19.9 Å². The molecule has 0 saturated heterocycles. The van der Waals surface area contributed by atoms with E-state index in [2.05, 4.69) is 33.6 Å². The molecule has 0 radical (unpaired) electrons. The van der Waals surface area contributed by atoms with Crippen molar-refractivity contribution in [3.05, 3.63) is 26.7 Å². The van der Waals surface area contributed by atoms with E-state index in [9.17, 15) is 9.59 Å². The maximum absolute atomic E-state index is 12.0. The van der Waals surface area contributed by atoms with E-state index in [1.54, 1.807) is 18.5 Å². The van der Waals surface area contributed by atoms with E-state index in [1.165, 1.54) is 4.57 Å². The van der Waals surface area contributed by atoms with Crippen molar-refractivity contribution in [2.75, 3.05) is 6.54 Å². The maximum Gasteiger partial charge on any atom is 0.329 e. The first kappa shape index (κ1) is 14.6. The van der Waals surface area contributed by atoms with E-state index in [-0.39, 0.29) is 12.1 Å². The van der Waals surface area contributed by atoms with E-state index in [0.29, 0.717) is 24.4 Å². The van der Waals surface area contributed by atoms with Gasteiger partial charge >= 0.3 is 5.69 Å². The summed E-state index contributed by atoms with van der Waals surface area (Å²) >= 11 is 0. The minimum atomic E-state index is -0.514. The molecule has 0 fully saturated rings. The Morgan fingerprint density at radius 2 is 2.10 bits per heavy atom. The molecule has 0 aromatic carbocycles. The van der Waals surface area contributed by atoms with Crippen LogP contribution in [0.2, 0.25) is 0 Å². The molecule has 0 amide bonds. The van der Waals surface area contributed by atoms with Crippen LogP contribution < -0.4 is 17.0 Å². The molecule has 21 heavy (non-hydrogen) atoms. The number of rotatable bonds is 2. The molecular formula is C14H15N5O2. The van der Waals surface area contributed by atoms with Gasteiger partial charge in [0.25, 0.3) is 5.56 Å². The van der Waals surface area contributed by atoms with Crippen molar-refractivity contribution in [1.82, 2.24) is 19.1 Å². The highest BCUT2D eigenvalue weighted by Gasteiger charge is 2.15. The number of imidazole rings is 1. The molecule has 0 aliphatic rings. The standard InChI is InChI=1S/C14H15N5O2/c1-3-4-9-19-10(7-5-6-8-15)16-12-11(19)13(20)17-14(21)18(12)2/h6,8-9,15H2,1-2H3,(H,17,20,21). The monoisotopic (exact) mass is 285 g/mol. The minimum absolute atomic E-state index is 0.279. The smallest absolute Gasteiger partial charge is 0.329 e. The van der Waals surface area contributed by atoms with Crippen molar-refractivity contribution >= 4 is 11.2 Å². The lowest BCUT2D eigenvalue weighted by atomic mass is 10.4. The van der Waals surface area contributed by atoms with E-state index in [4.69, 9.17) is 5.73 Å². The number of fused-ring (bicyclic) bond motifs is 1. The van der Waals surface area contributed by atoms with E-state index < -0.39 is 11.2 Å². The van der Waals surface area contributed by atoms with Crippen LogP contribution in [-0.4, -0.2) is 25.6 Å². The highest BCUT2D eigenvalue weighted by Crippen LogP contribution is 2.09. The Labute approximate surface area is 120 Å². The van der Waals surface area contributed by atoms with Gasteiger partial charge < -0.3 is 5.73 Å². The number of hydrogen-bond donors (Lipinski definition) is 2. The summed E-state index contributed by atoms with van der Waals surface area (Å²) in [4.78, 5) is 30.2. The molecule has 0 aliphatic heterocycles. The lowest BCUT2D eigenvalue weighted by Gasteiger charge is -2.00. The van der Waals surface area contributed by atoms with Gasteiger partial charge in [-0.25, -0.2) is 9.78 Å². The maximum atomic E-state index is 12.0. The molecule has 2 rings (SSSR count). The van der Waals surface area contributed by atoms with Gasteiger partial charge in [0.2, 0.25) is 0 Å². The first-order valence-electron chi connectivity index (χ1n) is 6.38. The van der Waals surface area contributed by atoms with Crippen LogP contribution in [0.1, 0.15) is 19.2 Å². The van der Waals surface area contributed by atoms with Crippen LogP contribution in [0.5, 0.6) is 0 Å². The molecule has 3 N–H and O–H groups in total. The van der Waals surface area contributed by atoms with Crippen molar-refractivity contribution in [3.8, 4) is 23.7 Å². The number of aromatic amines is 1. The van der Waals surface area contributed by atoms with Crippen LogP contribution in [0.3, 0.4) is 0 Å². The summed E-state index contributed by atoms with van der Waals surface area (Å²) in [7, 11) is 1.54. The van der Waals surface area contributed by atoms with E-state index >= 15 is 0 Å². The van der Waals surface area contributed by atoms with Gasteiger partial charge in [-0.2, -0.15) is 0 Å². The molecule has 2 aromatic heterocycles. The zero-order valence-corrected chi connectivity index (χ0v) is 11.9. The molecule has 0 atom stereocenters. The predicted octanol–water partition coefficient (Wildman–Crippen LogP) is -0.853. The van der Waals surface area contributed by atoms with Crippen molar-refractivity contribution in [3.63, 3.8) is 0 Å². The number of aryl methyl sites for hydroxylation is 1. The number of nitrogens with one attached hydrogen (secondary N) is 1. The first-order valence-corrected chi connectivity index (χ1v) is 6.38. The lowest BCUT2D eigenvalue weighted by molar-refractivity contribution is 0.821. The number of nitrogens with two attached hydrogens (primary N) is 1. The summed E-state index contributed by atoms with van der Waals surface area (Å²) < 4.78 is 2.88. The zero-order valence-electron chi connectivity index (χ0n) is 11.9. The fourth-order valence-electron chi connectivity index (χ4n) is 1.86. The Kier molecular flexibility index (Phi) is 4.27. The van der Waals surface area contributed by atoms with Crippen LogP contribution >= 0.6 is 0 Å². The summed E-state index contributed by atoms with van der Waals surface area (Å²) in [5, 5.41) is 0. The molecule has 0 unspecified atom stereocenters. The molecule has 0 spiro atoms. The van der Waals surface area contributed by atoms with Crippen LogP contribution in [0.25, 0.3) is 11.2 Å². The quantitative estimate of drug-likeness (QED) is 0.702. The second-order valence-corrected chi connectivity index (χ2v) is 4.28. The Balaban J connectivity index is 2.79. The van der Waals surface area contributed by atoms with Crippen LogP contribution in [0.15, 0.2) is 9.59 Å². The molecule has 2 aromatic rings. The van der Waals surface area contributed by atoms with Crippen molar-refractivity contribution < 1.29 is 0 Å². The third kappa shape index (κ3) is 2.73. The van der Waals surface area contributed by atoms with Crippen molar-refractivity contribution in [2.24, 2.45) is 12.8 Å². The van der Waals surface area contributed by atoms with Gasteiger partial charge in [0, 0.05) is 20.0 Å². The lowest BCUT2D eigenvalue weighted by Crippen LogP contribution is -2.29. The Bertz CT molecular complexity index is 909. The minimum Gasteiger partial charge on any atom is -0.330 e. The highest BCUT2D eigenvalue weighted by atomic mass is 16.2. The van der Waals surface area contributed by atoms with E-state index in [1.807, 2.05) is 0 Å². The molecule has 0 aliphatic carbocycles. The topological polar surface area (TPSA) is 98.7 Å². The van der Waals surface area contributed by atoms with Gasteiger partial charge in [-0.15, -0.1) is 5.92 Å². The molecule has 7 heteroatoms. The molecule has 108 valence electrons. The zero-order chi connectivity index (χ0) is 15.4. The first-order chi connectivity index (χ1) is 10.1. The second-order valence-electron chi connectivity index (χ2n) is 4.28. The summed E-state index contributed by atoms with van der Waals surface area (Å²) in [6.07, 6.45) is 0.526. The Morgan fingerprint density at radius 1 is 1.33 bits per heavy atom. The third-order valence-electron chi connectivity index (χ3n) is 2.89. The molecular weight excluding hydrogens is 270 g/mol. The van der Waals surface area contributed by atoms with Gasteiger partial charge in [0.1, 0.15) is 0 Å². The molecule has 2 heterocycles. The third-order valence-corrected chi connectivity index (χ3v) is 2.89. The number of aromatic nitrogens is 4. The van der Waals surface area contributed by atoms with Gasteiger partial charge in [0.05, 0.1) is 6.54 Å². The van der Waals surface area contributed by atoms with Gasteiger partial charge in [-0.05, 0) is 12.8 Å². The summed E-state index contributed by atoms with van der Waals surface area (Å²) in [6, 6.07) is 0. The number of hydrogen-bond acceptors (Lipinski definition) is 4.